The van der Waals surface area contributed by atoms with E-state index in [1.54, 1.807) is 41.5 Å². The average Bonchev–Trinajstić information content (AvgIpc) is 2.70. The summed E-state index contributed by atoms with van der Waals surface area (Å²) in [6.07, 6.45) is -0.256. The first-order valence-electron chi connectivity index (χ1n) is 11.7. The van der Waals surface area contributed by atoms with Gasteiger partial charge in [0.05, 0.1) is 13.2 Å². The second kappa shape index (κ2) is 16.4. The Hall–Kier alpha value is -2.27. The first kappa shape index (κ1) is 31.7. The summed E-state index contributed by atoms with van der Waals surface area (Å²) in [5.41, 5.74) is -1.87. The van der Waals surface area contributed by atoms with Crippen molar-refractivity contribution in [1.29, 1.82) is 0 Å². The van der Waals surface area contributed by atoms with Gasteiger partial charge >= 0.3 is 18.5 Å². The SMILES string of the molecule is CCCCOC(=O)OOC(C)(C)CC(C)OC(=O)OC(C)CC(C)(C)OOC(=O)OCCCC. The van der Waals surface area contributed by atoms with Crippen LogP contribution in [0.5, 0.6) is 0 Å². The molecule has 0 aliphatic carbocycles. The molecule has 2 unspecified atom stereocenters. The highest BCUT2D eigenvalue weighted by atomic mass is 17.2. The molecule has 11 nitrogen and oxygen atoms in total. The predicted octanol–water partition coefficient (Wildman–Crippen LogP) is 6.02. The molecule has 2 atom stereocenters. The highest BCUT2D eigenvalue weighted by molar-refractivity contribution is 5.60. The summed E-state index contributed by atoms with van der Waals surface area (Å²) >= 11 is 0. The van der Waals surface area contributed by atoms with Crippen LogP contribution in [0.4, 0.5) is 14.4 Å². The van der Waals surface area contributed by atoms with E-state index in [2.05, 4.69) is 9.78 Å². The normalized spacial score (nSPS) is 13.4. The van der Waals surface area contributed by atoms with Crippen molar-refractivity contribution >= 4 is 18.5 Å². The zero-order chi connectivity index (χ0) is 26.2. The van der Waals surface area contributed by atoms with Crippen LogP contribution in [-0.4, -0.2) is 55.1 Å². The van der Waals surface area contributed by atoms with Crippen LogP contribution in [0.3, 0.4) is 0 Å². The third-order valence-electron chi connectivity index (χ3n) is 4.26. The average molecular weight is 495 g/mol. The molecule has 34 heavy (non-hydrogen) atoms. The summed E-state index contributed by atoms with van der Waals surface area (Å²) < 4.78 is 20.2. The first-order chi connectivity index (χ1) is 15.8. The number of ether oxygens (including phenoxy) is 4. The molecule has 0 bridgehead atoms. The van der Waals surface area contributed by atoms with Crippen LogP contribution in [0.1, 0.15) is 93.9 Å². The third kappa shape index (κ3) is 17.2. The van der Waals surface area contributed by atoms with Gasteiger partial charge < -0.3 is 18.9 Å². The number of hydrogen-bond donors (Lipinski definition) is 0. The van der Waals surface area contributed by atoms with Gasteiger partial charge in [0.1, 0.15) is 23.4 Å². The molecule has 0 spiro atoms. The summed E-state index contributed by atoms with van der Waals surface area (Å²) in [4.78, 5) is 54.7. The second-order valence-corrected chi connectivity index (χ2v) is 9.27. The highest BCUT2D eigenvalue weighted by Gasteiger charge is 2.30. The molecule has 0 fully saturated rings. The second-order valence-electron chi connectivity index (χ2n) is 9.27. The molecule has 0 aliphatic rings. The fraction of sp³-hybridized carbons (Fsp3) is 0.870. The van der Waals surface area contributed by atoms with Gasteiger partial charge in [0, 0.05) is 12.8 Å². The number of unbranched alkanes of at least 4 members (excludes halogenated alkanes) is 2. The quantitative estimate of drug-likeness (QED) is 0.0821. The van der Waals surface area contributed by atoms with Gasteiger partial charge in [-0.15, -0.1) is 0 Å². The van der Waals surface area contributed by atoms with Gasteiger partial charge in [-0.05, 0) is 54.4 Å². The van der Waals surface area contributed by atoms with E-state index in [1.165, 1.54) is 0 Å². The number of carbonyl (C=O) groups excluding carboxylic acids is 3. The van der Waals surface area contributed by atoms with Crippen LogP contribution in [0.25, 0.3) is 0 Å². The van der Waals surface area contributed by atoms with Crippen LogP contribution in [-0.2, 0) is 38.5 Å². The van der Waals surface area contributed by atoms with Crippen LogP contribution < -0.4 is 0 Å². The van der Waals surface area contributed by atoms with Gasteiger partial charge in [0.15, 0.2) is 0 Å². The fourth-order valence-corrected chi connectivity index (χ4v) is 2.83. The predicted molar refractivity (Wildman–Crippen MR) is 121 cm³/mol. The topological polar surface area (TPSA) is 125 Å². The van der Waals surface area contributed by atoms with Gasteiger partial charge in [0.25, 0.3) is 0 Å². The summed E-state index contributed by atoms with van der Waals surface area (Å²) in [6.45, 7) is 14.4. The van der Waals surface area contributed by atoms with E-state index in [0.29, 0.717) is 0 Å². The standard InChI is InChI=1S/C23H42O11/c1-9-11-13-27-19(24)31-33-22(5,6)15-17(3)29-21(26)30-18(4)16-23(7,8)34-32-20(25)28-14-12-10-2/h17-18H,9-16H2,1-8H3. The molecular weight excluding hydrogens is 452 g/mol. The van der Waals surface area contributed by atoms with Gasteiger partial charge in [0.2, 0.25) is 0 Å². The van der Waals surface area contributed by atoms with Crippen LogP contribution in [0, 0.1) is 0 Å². The summed E-state index contributed by atoms with van der Waals surface area (Å²) in [5, 5.41) is 0. The Balaban J connectivity index is 4.32. The van der Waals surface area contributed by atoms with Crippen molar-refractivity contribution in [1.82, 2.24) is 0 Å². The Kier molecular flexibility index (Phi) is 15.3. The van der Waals surface area contributed by atoms with Crippen molar-refractivity contribution in [2.75, 3.05) is 13.2 Å². The third-order valence-corrected chi connectivity index (χ3v) is 4.26. The van der Waals surface area contributed by atoms with E-state index in [9.17, 15) is 14.4 Å². The zero-order valence-corrected chi connectivity index (χ0v) is 21.8. The zero-order valence-electron chi connectivity index (χ0n) is 21.8. The van der Waals surface area contributed by atoms with E-state index in [0.717, 1.165) is 25.7 Å². The lowest BCUT2D eigenvalue weighted by Gasteiger charge is -2.27. The molecule has 11 heteroatoms. The van der Waals surface area contributed by atoms with Crippen molar-refractivity contribution in [3.63, 3.8) is 0 Å². The molecule has 0 aromatic rings. The lowest BCUT2D eigenvalue weighted by molar-refractivity contribution is -0.322. The largest absolute Gasteiger partial charge is 0.540 e. The van der Waals surface area contributed by atoms with Crippen molar-refractivity contribution in [3.05, 3.63) is 0 Å². The molecule has 0 radical (unpaired) electrons. The van der Waals surface area contributed by atoms with E-state index >= 15 is 0 Å². The summed E-state index contributed by atoms with van der Waals surface area (Å²) in [5.74, 6) is 0. The molecule has 0 aromatic heterocycles. The lowest BCUT2D eigenvalue weighted by Crippen LogP contribution is -2.34. The van der Waals surface area contributed by atoms with Gasteiger partial charge in [-0.2, -0.15) is 9.78 Å². The van der Waals surface area contributed by atoms with Gasteiger partial charge in [-0.25, -0.2) is 14.4 Å². The molecule has 0 saturated heterocycles. The maximum absolute atomic E-state index is 12.1. The minimum absolute atomic E-state index is 0.224. The fourth-order valence-electron chi connectivity index (χ4n) is 2.83. The Bertz CT molecular complexity index is 554. The number of hydrogen-bond acceptors (Lipinski definition) is 11. The summed E-state index contributed by atoms with van der Waals surface area (Å²) in [6, 6.07) is 0. The van der Waals surface area contributed by atoms with Gasteiger partial charge in [-0.1, -0.05) is 26.7 Å². The lowest BCUT2D eigenvalue weighted by atomic mass is 10.0. The van der Waals surface area contributed by atoms with E-state index in [-0.39, 0.29) is 26.1 Å². The smallest absolute Gasteiger partial charge is 0.432 e. The monoisotopic (exact) mass is 494 g/mol. The molecule has 200 valence electrons. The Labute approximate surface area is 202 Å². The molecule has 0 N–H and O–H groups in total. The van der Waals surface area contributed by atoms with Gasteiger partial charge in [-0.3, -0.25) is 9.78 Å². The minimum atomic E-state index is -0.937. The number of rotatable bonds is 16. The van der Waals surface area contributed by atoms with Crippen LogP contribution in [0.2, 0.25) is 0 Å². The maximum Gasteiger partial charge on any atom is 0.540 e. The van der Waals surface area contributed by atoms with Crippen molar-refractivity contribution in [2.45, 2.75) is 117 Å². The van der Waals surface area contributed by atoms with E-state index in [4.69, 9.17) is 28.7 Å². The Morgan fingerprint density at radius 3 is 1.32 bits per heavy atom. The highest BCUT2D eigenvalue weighted by Crippen LogP contribution is 2.22. The Morgan fingerprint density at radius 2 is 1.00 bits per heavy atom. The van der Waals surface area contributed by atoms with E-state index < -0.39 is 41.9 Å². The molecule has 0 aliphatic heterocycles. The Morgan fingerprint density at radius 1 is 0.647 bits per heavy atom. The van der Waals surface area contributed by atoms with Crippen molar-refractivity contribution in [2.24, 2.45) is 0 Å². The number of carbonyl (C=O) groups is 3. The van der Waals surface area contributed by atoms with Crippen LogP contribution in [0.15, 0.2) is 0 Å². The molecule has 0 saturated carbocycles. The molecular formula is C23H42O11. The first-order valence-corrected chi connectivity index (χ1v) is 11.7. The summed E-state index contributed by atoms with van der Waals surface area (Å²) in [7, 11) is 0. The van der Waals surface area contributed by atoms with E-state index in [1.807, 2.05) is 13.8 Å². The van der Waals surface area contributed by atoms with Crippen molar-refractivity contribution < 1.29 is 52.9 Å². The molecule has 0 heterocycles. The minimum Gasteiger partial charge on any atom is -0.432 e. The maximum atomic E-state index is 12.1. The molecule has 0 rings (SSSR count). The molecule has 0 amide bonds. The molecule has 0 aromatic carbocycles. The van der Waals surface area contributed by atoms with Crippen LogP contribution >= 0.6 is 0 Å². The van der Waals surface area contributed by atoms with Crippen molar-refractivity contribution in [3.8, 4) is 0 Å².